The Labute approximate surface area is 128 Å². The molecule has 2 rings (SSSR count). The third-order valence-electron chi connectivity index (χ3n) is 3.06. The van der Waals surface area contributed by atoms with Gasteiger partial charge in [0.1, 0.15) is 5.82 Å². The van der Waals surface area contributed by atoms with E-state index in [-0.39, 0.29) is 5.82 Å². The van der Waals surface area contributed by atoms with E-state index in [4.69, 9.17) is 0 Å². The fourth-order valence-corrected chi connectivity index (χ4v) is 2.66. The first-order chi connectivity index (χ1) is 9.54. The average Bonchev–Trinajstić information content (AvgIpc) is 2.75. The minimum atomic E-state index is -0.207. The summed E-state index contributed by atoms with van der Waals surface area (Å²) in [4.78, 5) is 0. The van der Waals surface area contributed by atoms with Crippen LogP contribution in [0.1, 0.15) is 25.1 Å². The number of hydrogen-bond donors (Lipinski definition) is 1. The molecule has 1 aromatic heterocycles. The quantitative estimate of drug-likeness (QED) is 0.835. The van der Waals surface area contributed by atoms with Crippen LogP contribution in [0.2, 0.25) is 0 Å². The molecule has 1 heterocycles. The summed E-state index contributed by atoms with van der Waals surface area (Å²) in [5.41, 5.74) is 2.17. The number of rotatable bonds is 6. The lowest BCUT2D eigenvalue weighted by atomic mass is 10.2. The van der Waals surface area contributed by atoms with Crippen LogP contribution in [0.4, 0.5) is 4.39 Å². The number of hydrogen-bond acceptors (Lipinski definition) is 1. The number of halogens is 2. The predicted octanol–water partition coefficient (Wildman–Crippen LogP) is 4.18. The van der Waals surface area contributed by atoms with Crippen molar-refractivity contribution in [3.05, 3.63) is 58.1 Å². The van der Waals surface area contributed by atoms with E-state index < -0.39 is 0 Å². The van der Waals surface area contributed by atoms with Crippen LogP contribution in [-0.4, -0.2) is 11.1 Å². The molecule has 2 aromatic rings. The van der Waals surface area contributed by atoms with Gasteiger partial charge in [-0.3, -0.25) is 0 Å². The standard InChI is InChI=1S/C16H20BrFN2/c1-12(2)9-19-10-16-4-3-5-20(16)11-13-6-14(17)8-15(18)7-13/h3-8,12,19H,9-11H2,1-2H3. The number of nitrogens with zero attached hydrogens (tertiary/aromatic N) is 1. The molecular weight excluding hydrogens is 319 g/mol. The third-order valence-corrected chi connectivity index (χ3v) is 3.52. The number of nitrogens with one attached hydrogen (secondary N) is 1. The summed E-state index contributed by atoms with van der Waals surface area (Å²) in [6.07, 6.45) is 2.03. The molecule has 0 saturated heterocycles. The maximum Gasteiger partial charge on any atom is 0.124 e. The van der Waals surface area contributed by atoms with E-state index in [1.165, 1.54) is 11.8 Å². The Morgan fingerprint density at radius 1 is 1.30 bits per heavy atom. The van der Waals surface area contributed by atoms with E-state index in [1.54, 1.807) is 6.07 Å². The molecule has 0 aliphatic carbocycles. The molecule has 0 atom stereocenters. The number of aromatic nitrogens is 1. The van der Waals surface area contributed by atoms with Gasteiger partial charge in [-0.1, -0.05) is 29.8 Å². The van der Waals surface area contributed by atoms with Crippen LogP contribution < -0.4 is 5.32 Å². The molecular formula is C16H20BrFN2. The van der Waals surface area contributed by atoms with Crippen molar-refractivity contribution in [3.63, 3.8) is 0 Å². The molecule has 0 aliphatic heterocycles. The molecule has 0 radical (unpaired) electrons. The topological polar surface area (TPSA) is 17.0 Å². The Bertz CT molecular complexity index is 543. The second kappa shape index (κ2) is 7.04. The van der Waals surface area contributed by atoms with Crippen LogP contribution >= 0.6 is 15.9 Å². The Hall–Kier alpha value is -1.13. The van der Waals surface area contributed by atoms with E-state index in [0.717, 1.165) is 23.1 Å². The van der Waals surface area contributed by atoms with Crippen LogP contribution in [0.5, 0.6) is 0 Å². The second-order valence-electron chi connectivity index (χ2n) is 5.43. The van der Waals surface area contributed by atoms with E-state index in [2.05, 4.69) is 45.7 Å². The predicted molar refractivity (Wildman–Crippen MR) is 84.2 cm³/mol. The first-order valence-corrected chi connectivity index (χ1v) is 7.63. The number of benzene rings is 1. The summed E-state index contributed by atoms with van der Waals surface area (Å²) < 4.78 is 16.3. The SMILES string of the molecule is CC(C)CNCc1cccn1Cc1cc(F)cc(Br)c1. The molecule has 1 aromatic carbocycles. The zero-order valence-electron chi connectivity index (χ0n) is 11.9. The van der Waals surface area contributed by atoms with Crippen LogP contribution in [0, 0.1) is 11.7 Å². The molecule has 0 saturated carbocycles. The van der Waals surface area contributed by atoms with E-state index >= 15 is 0 Å². The molecule has 108 valence electrons. The molecule has 0 amide bonds. The van der Waals surface area contributed by atoms with E-state index in [9.17, 15) is 4.39 Å². The van der Waals surface area contributed by atoms with E-state index in [1.807, 2.05) is 18.3 Å². The van der Waals surface area contributed by atoms with Gasteiger partial charge in [-0.25, -0.2) is 4.39 Å². The minimum absolute atomic E-state index is 0.207. The first kappa shape index (κ1) is 15.3. The molecule has 4 heteroatoms. The molecule has 0 fully saturated rings. The van der Waals surface area contributed by atoms with Gasteiger partial charge >= 0.3 is 0 Å². The van der Waals surface area contributed by atoms with Crippen molar-refractivity contribution in [1.82, 2.24) is 9.88 Å². The maximum absolute atomic E-state index is 13.4. The molecule has 20 heavy (non-hydrogen) atoms. The van der Waals surface area contributed by atoms with Crippen LogP contribution in [0.25, 0.3) is 0 Å². The minimum Gasteiger partial charge on any atom is -0.346 e. The monoisotopic (exact) mass is 338 g/mol. The summed E-state index contributed by atoms with van der Waals surface area (Å²) in [5, 5.41) is 3.43. The Morgan fingerprint density at radius 2 is 2.10 bits per heavy atom. The smallest absolute Gasteiger partial charge is 0.124 e. The van der Waals surface area contributed by atoms with Gasteiger partial charge in [0, 0.05) is 29.5 Å². The maximum atomic E-state index is 13.4. The Kier molecular flexibility index (Phi) is 5.38. The van der Waals surface area contributed by atoms with Gasteiger partial charge in [0.15, 0.2) is 0 Å². The lowest BCUT2D eigenvalue weighted by Crippen LogP contribution is -2.20. The highest BCUT2D eigenvalue weighted by Crippen LogP contribution is 2.16. The van der Waals surface area contributed by atoms with Gasteiger partial charge in [-0.2, -0.15) is 0 Å². The zero-order valence-corrected chi connectivity index (χ0v) is 13.5. The highest BCUT2D eigenvalue weighted by atomic mass is 79.9. The van der Waals surface area contributed by atoms with Gasteiger partial charge in [-0.05, 0) is 48.4 Å². The highest BCUT2D eigenvalue weighted by Gasteiger charge is 2.04. The molecule has 1 N–H and O–H groups in total. The van der Waals surface area contributed by atoms with Crippen molar-refractivity contribution in [2.24, 2.45) is 5.92 Å². The van der Waals surface area contributed by atoms with Crippen molar-refractivity contribution in [1.29, 1.82) is 0 Å². The van der Waals surface area contributed by atoms with E-state index in [0.29, 0.717) is 12.5 Å². The lowest BCUT2D eigenvalue weighted by Gasteiger charge is -2.12. The van der Waals surface area contributed by atoms with Crippen molar-refractivity contribution in [2.75, 3.05) is 6.54 Å². The average molecular weight is 339 g/mol. The van der Waals surface area contributed by atoms with Crippen LogP contribution in [0.15, 0.2) is 41.0 Å². The normalized spacial score (nSPS) is 11.2. The van der Waals surface area contributed by atoms with Crippen molar-refractivity contribution >= 4 is 15.9 Å². The van der Waals surface area contributed by atoms with Gasteiger partial charge in [0.05, 0.1) is 0 Å². The summed E-state index contributed by atoms with van der Waals surface area (Å²) >= 11 is 3.33. The van der Waals surface area contributed by atoms with Gasteiger partial charge < -0.3 is 9.88 Å². The second-order valence-corrected chi connectivity index (χ2v) is 6.35. The van der Waals surface area contributed by atoms with Crippen LogP contribution in [0.3, 0.4) is 0 Å². The van der Waals surface area contributed by atoms with Gasteiger partial charge in [0.2, 0.25) is 0 Å². The third kappa shape index (κ3) is 4.46. The van der Waals surface area contributed by atoms with Gasteiger partial charge in [0.25, 0.3) is 0 Å². The summed E-state index contributed by atoms with van der Waals surface area (Å²) in [5.74, 6) is 0.429. The molecule has 0 spiro atoms. The summed E-state index contributed by atoms with van der Waals surface area (Å²) in [6, 6.07) is 9.14. The molecule has 0 aliphatic rings. The van der Waals surface area contributed by atoms with Gasteiger partial charge in [-0.15, -0.1) is 0 Å². The Morgan fingerprint density at radius 3 is 2.80 bits per heavy atom. The first-order valence-electron chi connectivity index (χ1n) is 6.84. The van der Waals surface area contributed by atoms with Crippen LogP contribution in [-0.2, 0) is 13.1 Å². The lowest BCUT2D eigenvalue weighted by molar-refractivity contribution is 0.538. The van der Waals surface area contributed by atoms with Crippen molar-refractivity contribution in [3.8, 4) is 0 Å². The Balaban J connectivity index is 2.04. The largest absolute Gasteiger partial charge is 0.346 e. The zero-order chi connectivity index (χ0) is 14.5. The molecule has 2 nitrogen and oxygen atoms in total. The highest BCUT2D eigenvalue weighted by molar-refractivity contribution is 9.10. The fourth-order valence-electron chi connectivity index (χ4n) is 2.15. The molecule has 0 bridgehead atoms. The molecule has 0 unspecified atom stereocenters. The van der Waals surface area contributed by atoms with Crippen molar-refractivity contribution in [2.45, 2.75) is 26.9 Å². The fraction of sp³-hybridized carbons (Fsp3) is 0.375. The summed E-state index contributed by atoms with van der Waals surface area (Å²) in [6.45, 7) is 6.90. The summed E-state index contributed by atoms with van der Waals surface area (Å²) in [7, 11) is 0. The van der Waals surface area contributed by atoms with Crippen molar-refractivity contribution < 1.29 is 4.39 Å².